The molecule has 17 heavy (non-hydrogen) atoms. The average Bonchev–Trinajstić information content (AvgIpc) is 2.71. The van der Waals surface area contributed by atoms with E-state index in [1.165, 1.54) is 12.8 Å². The molecule has 1 atom stereocenters. The number of nitrogens with one attached hydrogen (secondary N) is 1. The van der Waals surface area contributed by atoms with Crippen LogP contribution in [-0.4, -0.2) is 27.7 Å². The van der Waals surface area contributed by atoms with Crippen molar-refractivity contribution < 1.29 is 4.74 Å². The second kappa shape index (κ2) is 4.33. The minimum absolute atomic E-state index is 0.293. The van der Waals surface area contributed by atoms with Gasteiger partial charge in [0, 0.05) is 13.0 Å². The highest BCUT2D eigenvalue weighted by atomic mass is 16.5. The van der Waals surface area contributed by atoms with Gasteiger partial charge in [-0.2, -0.15) is 0 Å². The average molecular weight is 232 g/mol. The first kappa shape index (κ1) is 10.5. The third kappa shape index (κ3) is 2.24. The van der Waals surface area contributed by atoms with Crippen LogP contribution < -0.4 is 5.73 Å². The van der Waals surface area contributed by atoms with Crippen molar-refractivity contribution in [1.29, 1.82) is 0 Å². The van der Waals surface area contributed by atoms with Crippen LogP contribution in [0.15, 0.2) is 12.1 Å². The molecule has 1 aliphatic rings. The molecule has 5 heteroatoms. The first-order valence-electron chi connectivity index (χ1n) is 6.04. The molecule has 3 heterocycles. The van der Waals surface area contributed by atoms with Gasteiger partial charge in [-0.1, -0.05) is 0 Å². The minimum atomic E-state index is 0.293. The van der Waals surface area contributed by atoms with Crippen molar-refractivity contribution in [3.63, 3.8) is 0 Å². The van der Waals surface area contributed by atoms with E-state index in [-0.39, 0.29) is 0 Å². The van der Waals surface area contributed by atoms with E-state index in [4.69, 9.17) is 10.5 Å². The number of fused-ring (bicyclic) bond motifs is 1. The summed E-state index contributed by atoms with van der Waals surface area (Å²) >= 11 is 0. The van der Waals surface area contributed by atoms with E-state index in [1.54, 1.807) is 6.07 Å². The number of nitrogens with zero attached hydrogens (tertiary/aromatic N) is 2. The quantitative estimate of drug-likeness (QED) is 0.825. The second-order valence-electron chi connectivity index (χ2n) is 4.48. The number of hydrogen-bond donors (Lipinski definition) is 2. The summed E-state index contributed by atoms with van der Waals surface area (Å²) in [5.41, 5.74) is 7.25. The Balaban J connectivity index is 1.80. The van der Waals surface area contributed by atoms with Crippen LogP contribution in [0.1, 0.15) is 25.1 Å². The molecule has 5 nitrogen and oxygen atoms in total. The molecule has 0 aliphatic carbocycles. The van der Waals surface area contributed by atoms with Crippen LogP contribution in [0.2, 0.25) is 0 Å². The van der Waals surface area contributed by atoms with E-state index in [2.05, 4.69) is 15.0 Å². The van der Waals surface area contributed by atoms with Gasteiger partial charge in [-0.25, -0.2) is 9.97 Å². The first-order valence-corrected chi connectivity index (χ1v) is 6.04. The molecule has 0 aromatic carbocycles. The summed E-state index contributed by atoms with van der Waals surface area (Å²) in [6.07, 6.45) is 4.66. The predicted octanol–water partition coefficient (Wildman–Crippen LogP) is 1.65. The molecule has 0 radical (unpaired) electrons. The largest absolute Gasteiger partial charge is 0.384 e. The maximum Gasteiger partial charge on any atom is 0.179 e. The molecule has 3 N–H and O–H groups in total. The third-order valence-electron chi connectivity index (χ3n) is 3.11. The lowest BCUT2D eigenvalue weighted by molar-refractivity contribution is 0.0158. The van der Waals surface area contributed by atoms with Crippen molar-refractivity contribution in [2.75, 3.05) is 12.3 Å². The Morgan fingerprint density at radius 3 is 3.12 bits per heavy atom. The van der Waals surface area contributed by atoms with Gasteiger partial charge >= 0.3 is 0 Å². The first-order chi connectivity index (χ1) is 8.31. The number of anilines is 1. The number of hydrogen-bond acceptors (Lipinski definition) is 4. The summed E-state index contributed by atoms with van der Waals surface area (Å²) in [5, 5.41) is 0. The van der Waals surface area contributed by atoms with E-state index >= 15 is 0 Å². The second-order valence-corrected chi connectivity index (χ2v) is 4.48. The van der Waals surface area contributed by atoms with Crippen molar-refractivity contribution in [1.82, 2.24) is 15.0 Å². The van der Waals surface area contributed by atoms with Crippen LogP contribution >= 0.6 is 0 Å². The van der Waals surface area contributed by atoms with E-state index in [0.29, 0.717) is 17.6 Å². The molecule has 2 aromatic rings. The van der Waals surface area contributed by atoms with Crippen molar-refractivity contribution >= 4 is 17.0 Å². The number of aromatic nitrogens is 3. The van der Waals surface area contributed by atoms with Gasteiger partial charge in [0.1, 0.15) is 11.6 Å². The number of imidazole rings is 1. The zero-order chi connectivity index (χ0) is 11.7. The molecule has 0 bridgehead atoms. The van der Waals surface area contributed by atoms with Crippen molar-refractivity contribution in [3.8, 4) is 0 Å². The highest BCUT2D eigenvalue weighted by Gasteiger charge is 2.16. The SMILES string of the molecule is Nc1ccc2[nH]c(CC3CCCCO3)nc2n1. The Bertz CT molecular complexity index is 516. The molecule has 1 saturated heterocycles. The van der Waals surface area contributed by atoms with Gasteiger partial charge in [0.25, 0.3) is 0 Å². The number of ether oxygens (including phenoxy) is 1. The standard InChI is InChI=1S/C12H16N4O/c13-10-5-4-9-12(15-10)16-11(14-9)7-8-3-1-2-6-17-8/h4-5,8H,1-3,6-7H2,(H3,13,14,15,16). The number of aromatic amines is 1. The van der Waals surface area contributed by atoms with E-state index < -0.39 is 0 Å². The maximum atomic E-state index is 5.70. The summed E-state index contributed by atoms with van der Waals surface area (Å²) in [7, 11) is 0. The molecule has 90 valence electrons. The fraction of sp³-hybridized carbons (Fsp3) is 0.500. The van der Waals surface area contributed by atoms with Gasteiger partial charge in [-0.3, -0.25) is 0 Å². The smallest absolute Gasteiger partial charge is 0.179 e. The Morgan fingerprint density at radius 1 is 1.35 bits per heavy atom. The van der Waals surface area contributed by atoms with Crippen LogP contribution in [0.3, 0.4) is 0 Å². The lowest BCUT2D eigenvalue weighted by atomic mass is 10.1. The van der Waals surface area contributed by atoms with Crippen molar-refractivity contribution in [2.24, 2.45) is 0 Å². The third-order valence-corrected chi connectivity index (χ3v) is 3.11. The van der Waals surface area contributed by atoms with Crippen LogP contribution in [0.5, 0.6) is 0 Å². The fourth-order valence-corrected chi connectivity index (χ4v) is 2.24. The molecule has 2 aromatic heterocycles. The zero-order valence-corrected chi connectivity index (χ0v) is 9.65. The Kier molecular flexibility index (Phi) is 2.68. The van der Waals surface area contributed by atoms with Gasteiger partial charge in [0.15, 0.2) is 5.65 Å². The van der Waals surface area contributed by atoms with Gasteiger partial charge in [-0.15, -0.1) is 0 Å². The normalized spacial score (nSPS) is 20.8. The molecule has 3 rings (SSSR count). The van der Waals surface area contributed by atoms with Gasteiger partial charge in [0.2, 0.25) is 0 Å². The van der Waals surface area contributed by atoms with Crippen LogP contribution in [0.25, 0.3) is 11.2 Å². The lowest BCUT2D eigenvalue weighted by Gasteiger charge is -2.21. The fourth-order valence-electron chi connectivity index (χ4n) is 2.24. The van der Waals surface area contributed by atoms with Crippen LogP contribution in [0, 0.1) is 0 Å². The molecule has 0 saturated carbocycles. The molecular weight excluding hydrogens is 216 g/mol. The number of rotatable bonds is 2. The molecular formula is C12H16N4O. The summed E-state index contributed by atoms with van der Waals surface area (Å²) in [6.45, 7) is 0.871. The number of nitrogen functional groups attached to an aromatic ring is 1. The summed E-state index contributed by atoms with van der Waals surface area (Å²) < 4.78 is 5.70. The highest BCUT2D eigenvalue weighted by Crippen LogP contribution is 2.18. The number of pyridine rings is 1. The zero-order valence-electron chi connectivity index (χ0n) is 9.65. The van der Waals surface area contributed by atoms with Crippen molar-refractivity contribution in [2.45, 2.75) is 31.8 Å². The monoisotopic (exact) mass is 232 g/mol. The predicted molar refractivity (Wildman–Crippen MR) is 65.6 cm³/mol. The number of nitrogens with two attached hydrogens (primary N) is 1. The van der Waals surface area contributed by atoms with Crippen molar-refractivity contribution in [3.05, 3.63) is 18.0 Å². The molecule has 0 amide bonds. The summed E-state index contributed by atoms with van der Waals surface area (Å²) in [6, 6.07) is 3.69. The molecule has 1 unspecified atom stereocenters. The van der Waals surface area contributed by atoms with Gasteiger partial charge in [-0.05, 0) is 31.4 Å². The number of H-pyrrole nitrogens is 1. The topological polar surface area (TPSA) is 76.8 Å². The molecule has 1 aliphatic heterocycles. The van der Waals surface area contributed by atoms with Gasteiger partial charge in [0.05, 0.1) is 11.6 Å². The van der Waals surface area contributed by atoms with Crippen LogP contribution in [0.4, 0.5) is 5.82 Å². The lowest BCUT2D eigenvalue weighted by Crippen LogP contribution is -2.21. The summed E-state index contributed by atoms with van der Waals surface area (Å²) in [4.78, 5) is 11.9. The summed E-state index contributed by atoms with van der Waals surface area (Å²) in [5.74, 6) is 1.44. The van der Waals surface area contributed by atoms with E-state index in [0.717, 1.165) is 30.8 Å². The maximum absolute atomic E-state index is 5.70. The Labute approximate surface area is 99.4 Å². The van der Waals surface area contributed by atoms with E-state index in [9.17, 15) is 0 Å². The minimum Gasteiger partial charge on any atom is -0.384 e. The Hall–Kier alpha value is -1.62. The van der Waals surface area contributed by atoms with E-state index in [1.807, 2.05) is 6.07 Å². The highest BCUT2D eigenvalue weighted by molar-refractivity contribution is 5.72. The van der Waals surface area contributed by atoms with Crippen LogP contribution in [-0.2, 0) is 11.2 Å². The Morgan fingerprint density at radius 2 is 2.29 bits per heavy atom. The molecule has 1 fully saturated rings. The molecule has 0 spiro atoms. The van der Waals surface area contributed by atoms with Gasteiger partial charge < -0.3 is 15.5 Å².